The Bertz CT molecular complexity index is 511. The van der Waals surface area contributed by atoms with Gasteiger partial charge in [0.25, 0.3) is 0 Å². The minimum Gasteiger partial charge on any atom is -0.314 e. The zero-order valence-corrected chi connectivity index (χ0v) is 13.1. The van der Waals surface area contributed by atoms with Gasteiger partial charge in [0.2, 0.25) is 0 Å². The number of hydrogen-bond acceptors (Lipinski definition) is 2. The number of nitrogens with one attached hydrogen (secondary N) is 1. The second-order valence-corrected chi connectivity index (χ2v) is 5.81. The smallest absolute Gasteiger partial charge is 0.314 e. The summed E-state index contributed by atoms with van der Waals surface area (Å²) in [6.07, 6.45) is -1.12. The Morgan fingerprint density at radius 1 is 1.32 bits per heavy atom. The van der Waals surface area contributed by atoms with Crippen LogP contribution in [0.15, 0.2) is 30.9 Å². The van der Waals surface area contributed by atoms with E-state index in [9.17, 15) is 13.2 Å². The van der Waals surface area contributed by atoms with E-state index in [2.05, 4.69) is 16.8 Å². The molecule has 0 bridgehead atoms. The molecular formula is C16H20ClF3N2. The fourth-order valence-corrected chi connectivity index (χ4v) is 3.02. The van der Waals surface area contributed by atoms with Gasteiger partial charge in [-0.1, -0.05) is 17.7 Å². The van der Waals surface area contributed by atoms with Gasteiger partial charge in [-0.2, -0.15) is 13.2 Å². The molecule has 0 saturated carbocycles. The van der Waals surface area contributed by atoms with Crippen molar-refractivity contribution in [3.8, 4) is 0 Å². The molecule has 22 heavy (non-hydrogen) atoms. The first kappa shape index (κ1) is 17.3. The number of piperazine rings is 1. The van der Waals surface area contributed by atoms with Crippen LogP contribution in [0.4, 0.5) is 13.2 Å². The van der Waals surface area contributed by atoms with Gasteiger partial charge < -0.3 is 5.32 Å². The average molecular weight is 333 g/mol. The van der Waals surface area contributed by atoms with Crippen LogP contribution < -0.4 is 5.32 Å². The third kappa shape index (κ3) is 4.24. The summed E-state index contributed by atoms with van der Waals surface area (Å²) in [6.45, 7) is 6.98. The Morgan fingerprint density at radius 3 is 2.59 bits per heavy atom. The molecule has 0 spiro atoms. The molecule has 1 aromatic rings. The van der Waals surface area contributed by atoms with Crippen LogP contribution in [-0.4, -0.2) is 31.1 Å². The molecule has 1 aromatic carbocycles. The van der Waals surface area contributed by atoms with Crippen molar-refractivity contribution in [2.45, 2.75) is 25.1 Å². The summed E-state index contributed by atoms with van der Waals surface area (Å²) in [5.74, 6) is 0. The van der Waals surface area contributed by atoms with E-state index in [1.807, 2.05) is 0 Å². The van der Waals surface area contributed by atoms with Crippen LogP contribution in [0.25, 0.3) is 0 Å². The predicted molar refractivity (Wildman–Crippen MR) is 83.1 cm³/mol. The highest BCUT2D eigenvalue weighted by Gasteiger charge is 2.32. The van der Waals surface area contributed by atoms with E-state index < -0.39 is 11.7 Å². The lowest BCUT2D eigenvalue weighted by atomic mass is 9.97. The number of alkyl halides is 3. The van der Waals surface area contributed by atoms with Crippen molar-refractivity contribution in [2.24, 2.45) is 0 Å². The van der Waals surface area contributed by atoms with Crippen molar-refractivity contribution in [3.05, 3.63) is 47.0 Å². The molecule has 1 fully saturated rings. The first-order chi connectivity index (χ1) is 10.4. The van der Waals surface area contributed by atoms with E-state index in [1.54, 1.807) is 6.08 Å². The van der Waals surface area contributed by atoms with Crippen LogP contribution in [0.2, 0.25) is 5.02 Å². The Kier molecular flexibility index (Phi) is 5.89. The van der Waals surface area contributed by atoms with E-state index in [0.717, 1.165) is 38.7 Å². The molecule has 1 aliphatic heterocycles. The predicted octanol–water partition coefficient (Wildman–Crippen LogP) is 4.27. The molecule has 0 aromatic heterocycles. The van der Waals surface area contributed by atoms with Crippen molar-refractivity contribution in [1.29, 1.82) is 0 Å². The van der Waals surface area contributed by atoms with Crippen molar-refractivity contribution >= 4 is 11.6 Å². The van der Waals surface area contributed by atoms with E-state index in [-0.39, 0.29) is 6.04 Å². The number of halogens is 4. The molecule has 122 valence electrons. The Morgan fingerprint density at radius 2 is 2.00 bits per heavy atom. The Balaban J connectivity index is 2.34. The van der Waals surface area contributed by atoms with Crippen LogP contribution in [-0.2, 0) is 6.18 Å². The number of hydrogen-bond donors (Lipinski definition) is 1. The fourth-order valence-electron chi connectivity index (χ4n) is 2.78. The Labute approximate surface area is 133 Å². The van der Waals surface area contributed by atoms with E-state index >= 15 is 0 Å². The van der Waals surface area contributed by atoms with Crippen LogP contribution in [0, 0.1) is 0 Å². The van der Waals surface area contributed by atoms with Gasteiger partial charge in [0.05, 0.1) is 5.56 Å². The van der Waals surface area contributed by atoms with Gasteiger partial charge in [-0.05, 0) is 36.6 Å². The maximum atomic E-state index is 13.0. The SMILES string of the molecule is C=CCC[C@H](c1cc(C(F)(F)F)ccc1Cl)N1CCNCC1. The minimum atomic E-state index is -4.36. The highest BCUT2D eigenvalue weighted by atomic mass is 35.5. The topological polar surface area (TPSA) is 15.3 Å². The molecule has 0 amide bonds. The maximum absolute atomic E-state index is 13.0. The van der Waals surface area contributed by atoms with E-state index in [1.165, 1.54) is 12.1 Å². The highest BCUT2D eigenvalue weighted by Crippen LogP contribution is 2.37. The summed E-state index contributed by atoms with van der Waals surface area (Å²) >= 11 is 6.20. The van der Waals surface area contributed by atoms with E-state index in [4.69, 9.17) is 11.6 Å². The molecule has 2 rings (SSSR count). The fraction of sp³-hybridized carbons (Fsp3) is 0.500. The molecule has 1 saturated heterocycles. The number of allylic oxidation sites excluding steroid dienone is 1. The summed E-state index contributed by atoms with van der Waals surface area (Å²) in [7, 11) is 0. The zero-order chi connectivity index (χ0) is 16.2. The van der Waals surface area contributed by atoms with Gasteiger partial charge in [0, 0.05) is 37.2 Å². The summed E-state index contributed by atoms with van der Waals surface area (Å²) in [5.41, 5.74) is -0.0918. The van der Waals surface area contributed by atoms with Gasteiger partial charge in [-0.15, -0.1) is 6.58 Å². The molecule has 1 heterocycles. The molecule has 2 nitrogen and oxygen atoms in total. The zero-order valence-electron chi connectivity index (χ0n) is 12.3. The van der Waals surface area contributed by atoms with Crippen molar-refractivity contribution < 1.29 is 13.2 Å². The largest absolute Gasteiger partial charge is 0.416 e. The molecule has 6 heteroatoms. The minimum absolute atomic E-state index is 0.116. The number of rotatable bonds is 5. The maximum Gasteiger partial charge on any atom is 0.416 e. The number of nitrogens with zero attached hydrogens (tertiary/aromatic N) is 1. The van der Waals surface area contributed by atoms with Crippen LogP contribution in [0.1, 0.15) is 30.0 Å². The van der Waals surface area contributed by atoms with Crippen LogP contribution in [0.5, 0.6) is 0 Å². The monoisotopic (exact) mass is 332 g/mol. The van der Waals surface area contributed by atoms with Gasteiger partial charge in [-0.3, -0.25) is 4.90 Å². The molecular weight excluding hydrogens is 313 g/mol. The van der Waals surface area contributed by atoms with Gasteiger partial charge in [0.1, 0.15) is 0 Å². The second kappa shape index (κ2) is 7.49. The quantitative estimate of drug-likeness (QED) is 0.810. The van der Waals surface area contributed by atoms with Crippen molar-refractivity contribution in [2.75, 3.05) is 26.2 Å². The lowest BCUT2D eigenvalue weighted by Gasteiger charge is -2.35. The van der Waals surface area contributed by atoms with Gasteiger partial charge in [0.15, 0.2) is 0 Å². The normalized spacial score (nSPS) is 18.2. The van der Waals surface area contributed by atoms with Crippen LogP contribution >= 0.6 is 11.6 Å². The van der Waals surface area contributed by atoms with Crippen LogP contribution in [0.3, 0.4) is 0 Å². The van der Waals surface area contributed by atoms with Crippen molar-refractivity contribution in [1.82, 2.24) is 10.2 Å². The van der Waals surface area contributed by atoms with E-state index in [0.29, 0.717) is 17.0 Å². The Hall–Kier alpha value is -1.04. The summed E-state index contributed by atoms with van der Waals surface area (Å²) < 4.78 is 38.9. The molecule has 1 atom stereocenters. The number of benzene rings is 1. The molecule has 1 aliphatic rings. The van der Waals surface area contributed by atoms with Crippen molar-refractivity contribution in [3.63, 3.8) is 0 Å². The summed E-state index contributed by atoms with van der Waals surface area (Å²) in [4.78, 5) is 2.20. The molecule has 0 aliphatic carbocycles. The lowest BCUT2D eigenvalue weighted by molar-refractivity contribution is -0.137. The molecule has 1 N–H and O–H groups in total. The van der Waals surface area contributed by atoms with Gasteiger partial charge >= 0.3 is 6.18 Å². The average Bonchev–Trinajstić information content (AvgIpc) is 2.49. The third-order valence-corrected chi connectivity index (χ3v) is 4.26. The highest BCUT2D eigenvalue weighted by molar-refractivity contribution is 6.31. The standard InChI is InChI=1S/C16H20ClF3N2/c1-2-3-4-15(22-9-7-21-8-10-22)13-11-12(16(18,19)20)5-6-14(13)17/h2,5-6,11,15,21H,1,3-4,7-10H2/t15-/m1/s1. The molecule has 0 unspecified atom stereocenters. The second-order valence-electron chi connectivity index (χ2n) is 5.40. The first-order valence-corrected chi connectivity index (χ1v) is 7.73. The first-order valence-electron chi connectivity index (χ1n) is 7.36. The van der Waals surface area contributed by atoms with Gasteiger partial charge in [-0.25, -0.2) is 0 Å². The summed E-state index contributed by atoms with van der Waals surface area (Å²) in [5, 5.41) is 3.64. The molecule has 0 radical (unpaired) electrons. The summed E-state index contributed by atoms with van der Waals surface area (Å²) in [6, 6.07) is 3.46. The lowest BCUT2D eigenvalue weighted by Crippen LogP contribution is -2.45. The third-order valence-electron chi connectivity index (χ3n) is 3.92.